The molecule has 1 fully saturated rings. The molecule has 1 saturated carbocycles. The molecule has 2 aliphatic carbocycles. The van der Waals surface area contributed by atoms with E-state index in [1.807, 2.05) is 20.8 Å². The zero-order chi connectivity index (χ0) is 23.2. The normalized spacial score (nSPS) is 18.5. The third kappa shape index (κ3) is 3.13. The van der Waals surface area contributed by atoms with Gasteiger partial charge in [0.15, 0.2) is 0 Å². The lowest BCUT2D eigenvalue weighted by Crippen LogP contribution is -2.29. The fraction of sp³-hybridized carbons (Fsp3) is 0.435. The molecule has 0 unspecified atom stereocenters. The number of rotatable bonds is 2. The number of halogens is 3. The first-order valence-corrected chi connectivity index (χ1v) is 10.5. The fourth-order valence-electron chi connectivity index (χ4n) is 4.71. The number of fused-ring (bicyclic) bond motifs is 5. The molecule has 0 amide bonds. The van der Waals surface area contributed by atoms with Gasteiger partial charge in [0.1, 0.15) is 16.9 Å². The topological polar surface area (TPSA) is 87.5 Å². The molecule has 0 radical (unpaired) electrons. The van der Waals surface area contributed by atoms with E-state index in [9.17, 15) is 27.9 Å². The first-order valence-electron chi connectivity index (χ1n) is 10.5. The van der Waals surface area contributed by atoms with Gasteiger partial charge in [-0.05, 0) is 59.8 Å². The van der Waals surface area contributed by atoms with Gasteiger partial charge in [-0.15, -0.1) is 0 Å². The predicted octanol–water partition coefficient (Wildman–Crippen LogP) is 4.97. The van der Waals surface area contributed by atoms with Crippen LogP contribution in [0.25, 0.3) is 17.0 Å². The Hall–Kier alpha value is -3.10. The van der Waals surface area contributed by atoms with Gasteiger partial charge in [0.25, 0.3) is 5.56 Å². The monoisotopic (exact) mass is 445 g/mol. The third-order valence-electron chi connectivity index (χ3n) is 6.55. The summed E-state index contributed by atoms with van der Waals surface area (Å²) in [5.74, 6) is -1.46. The van der Waals surface area contributed by atoms with Gasteiger partial charge >= 0.3 is 12.1 Å². The molecular weight excluding hydrogens is 423 g/mol. The van der Waals surface area contributed by atoms with Gasteiger partial charge in [-0.1, -0.05) is 20.8 Å². The molecule has 0 bridgehead atoms. The van der Waals surface area contributed by atoms with Crippen molar-refractivity contribution in [3.05, 3.63) is 56.6 Å². The molecule has 0 saturated heterocycles. The van der Waals surface area contributed by atoms with E-state index in [0.29, 0.717) is 28.9 Å². The van der Waals surface area contributed by atoms with Crippen LogP contribution in [0, 0.1) is 5.41 Å². The van der Waals surface area contributed by atoms with Gasteiger partial charge < -0.3 is 14.5 Å². The third-order valence-corrected chi connectivity index (χ3v) is 6.55. The number of imidazole rings is 1. The van der Waals surface area contributed by atoms with Crippen LogP contribution in [-0.4, -0.2) is 25.4 Å². The molecule has 0 aromatic carbocycles. The van der Waals surface area contributed by atoms with Gasteiger partial charge in [0.2, 0.25) is 0 Å². The molecule has 5 rings (SSSR count). The second-order valence-corrected chi connectivity index (χ2v) is 9.83. The Balaban J connectivity index is 1.85. The second kappa shape index (κ2) is 6.46. The van der Waals surface area contributed by atoms with Gasteiger partial charge in [-0.25, -0.2) is 9.78 Å². The van der Waals surface area contributed by atoms with Crippen molar-refractivity contribution in [2.75, 3.05) is 0 Å². The zero-order valence-corrected chi connectivity index (χ0v) is 17.8. The number of alkyl halides is 3. The van der Waals surface area contributed by atoms with Crippen LogP contribution in [0.2, 0.25) is 0 Å². The summed E-state index contributed by atoms with van der Waals surface area (Å²) >= 11 is 0. The van der Waals surface area contributed by atoms with Crippen LogP contribution in [0.5, 0.6) is 0 Å². The van der Waals surface area contributed by atoms with Crippen molar-refractivity contribution in [2.24, 2.45) is 5.41 Å². The van der Waals surface area contributed by atoms with Gasteiger partial charge in [-0.3, -0.25) is 4.79 Å². The molecule has 0 aliphatic heterocycles. The summed E-state index contributed by atoms with van der Waals surface area (Å²) < 4.78 is 43.3. The minimum absolute atomic E-state index is 0.116. The van der Waals surface area contributed by atoms with Crippen LogP contribution in [0.1, 0.15) is 78.2 Å². The number of aromatic nitrogens is 3. The molecule has 3 aromatic heterocycles. The summed E-state index contributed by atoms with van der Waals surface area (Å²) in [7, 11) is 0. The molecule has 3 aromatic rings. The average molecular weight is 445 g/mol. The summed E-state index contributed by atoms with van der Waals surface area (Å²) in [5.41, 5.74) is -0.144. The molecule has 2 N–H and O–H groups in total. The number of carbonyl (C=O) groups is 1. The van der Waals surface area contributed by atoms with Crippen LogP contribution < -0.4 is 5.56 Å². The Morgan fingerprint density at radius 2 is 1.91 bits per heavy atom. The predicted molar refractivity (Wildman–Crippen MR) is 111 cm³/mol. The van der Waals surface area contributed by atoms with Crippen molar-refractivity contribution in [3.8, 4) is 11.4 Å². The van der Waals surface area contributed by atoms with Crippen LogP contribution in [0.4, 0.5) is 13.2 Å². The maximum absolute atomic E-state index is 13.9. The minimum atomic E-state index is -4.58. The van der Waals surface area contributed by atoms with E-state index in [0.717, 1.165) is 12.8 Å². The van der Waals surface area contributed by atoms with E-state index < -0.39 is 28.8 Å². The number of nitrogens with one attached hydrogen (secondary N) is 1. The summed E-state index contributed by atoms with van der Waals surface area (Å²) in [5, 5.41) is 9.42. The number of carboxylic acids is 1. The molecule has 168 valence electrons. The number of hydrogen-bond donors (Lipinski definition) is 2. The van der Waals surface area contributed by atoms with E-state index in [1.165, 1.54) is 16.5 Å². The second-order valence-electron chi connectivity index (χ2n) is 9.83. The van der Waals surface area contributed by atoms with Crippen LogP contribution in [0.3, 0.4) is 0 Å². The summed E-state index contributed by atoms with van der Waals surface area (Å²) in [6.45, 7) is 5.95. The molecule has 2 aliphatic rings. The molecule has 9 heteroatoms. The zero-order valence-electron chi connectivity index (χ0n) is 17.8. The van der Waals surface area contributed by atoms with Gasteiger partial charge in [0.05, 0.1) is 17.0 Å². The number of carboxylic acid groups (broad SMARTS) is 1. The molecule has 32 heavy (non-hydrogen) atoms. The highest BCUT2D eigenvalue weighted by atomic mass is 19.4. The fourth-order valence-corrected chi connectivity index (χ4v) is 4.71. The smallest absolute Gasteiger partial charge is 0.419 e. The highest BCUT2D eigenvalue weighted by Gasteiger charge is 2.41. The minimum Gasteiger partial charge on any atom is -0.477 e. The van der Waals surface area contributed by atoms with Crippen molar-refractivity contribution >= 4 is 11.6 Å². The lowest BCUT2D eigenvalue weighted by molar-refractivity contribution is -0.136. The highest BCUT2D eigenvalue weighted by molar-refractivity contribution is 5.88. The largest absolute Gasteiger partial charge is 0.477 e. The Morgan fingerprint density at radius 1 is 1.22 bits per heavy atom. The molecule has 6 nitrogen and oxygen atoms in total. The highest BCUT2D eigenvalue weighted by Crippen LogP contribution is 2.48. The van der Waals surface area contributed by atoms with Crippen molar-refractivity contribution in [1.82, 2.24) is 14.4 Å². The maximum atomic E-state index is 13.9. The SMILES string of the molecule is CC(C)(C)[C@H]1Cc2c(nc3c(C(F)(F)F)cc(C4CC4)cn23)-c2[nH]c(=O)c(C(=O)O)cc21. The van der Waals surface area contributed by atoms with E-state index in [-0.39, 0.29) is 28.6 Å². The lowest BCUT2D eigenvalue weighted by atomic mass is 9.70. The number of H-pyrrole nitrogens is 1. The summed E-state index contributed by atoms with van der Waals surface area (Å²) in [6.07, 6.45) is -0.740. The average Bonchev–Trinajstić information content (AvgIpc) is 3.45. The standard InChI is InChI=1S/C23H22F3N3O3/c1-22(2,3)14-8-16-18(17-12(14)7-13(21(31)32)20(30)28-17)27-19-15(23(24,25)26)6-11(9-29(16)19)10-4-5-10/h6-7,9-10,14H,4-5,8H2,1-3H3,(H,28,30)(H,31,32)/t14-/m0/s1. The Morgan fingerprint density at radius 3 is 2.47 bits per heavy atom. The molecule has 1 atom stereocenters. The van der Waals surface area contributed by atoms with Gasteiger partial charge in [-0.2, -0.15) is 13.2 Å². The summed E-state index contributed by atoms with van der Waals surface area (Å²) in [6, 6.07) is 2.53. The van der Waals surface area contributed by atoms with E-state index in [4.69, 9.17) is 0 Å². The first kappa shape index (κ1) is 20.8. The molecule has 0 spiro atoms. The lowest BCUT2D eigenvalue weighted by Gasteiger charge is -2.35. The van der Waals surface area contributed by atoms with E-state index >= 15 is 0 Å². The van der Waals surface area contributed by atoms with Crippen LogP contribution in [-0.2, 0) is 12.6 Å². The van der Waals surface area contributed by atoms with E-state index in [1.54, 1.807) is 6.20 Å². The number of aromatic amines is 1. The van der Waals surface area contributed by atoms with Crippen molar-refractivity contribution in [1.29, 1.82) is 0 Å². The maximum Gasteiger partial charge on any atom is 0.419 e. The summed E-state index contributed by atoms with van der Waals surface area (Å²) in [4.78, 5) is 30.9. The molecular formula is C23H22F3N3O3. The Labute approximate surface area is 181 Å². The number of pyridine rings is 2. The van der Waals surface area contributed by atoms with Crippen molar-refractivity contribution in [3.63, 3.8) is 0 Å². The van der Waals surface area contributed by atoms with Gasteiger partial charge in [0, 0.05) is 6.20 Å². The van der Waals surface area contributed by atoms with E-state index in [2.05, 4.69) is 9.97 Å². The van der Waals surface area contributed by atoms with Crippen LogP contribution >= 0.6 is 0 Å². The van der Waals surface area contributed by atoms with Crippen molar-refractivity contribution < 1.29 is 23.1 Å². The Kier molecular flexibility index (Phi) is 4.20. The number of nitrogens with zero attached hydrogens (tertiary/aromatic N) is 2. The quantitative estimate of drug-likeness (QED) is 0.583. The molecule has 3 heterocycles. The number of hydrogen-bond acceptors (Lipinski definition) is 3. The number of aromatic carboxylic acids is 1. The first-order chi connectivity index (χ1) is 14.9. The van der Waals surface area contributed by atoms with Crippen molar-refractivity contribution in [2.45, 2.75) is 58.0 Å². The van der Waals surface area contributed by atoms with Crippen LogP contribution in [0.15, 0.2) is 23.1 Å². The Bertz CT molecular complexity index is 1340.